The Hall–Kier alpha value is -3.05. The predicted molar refractivity (Wildman–Crippen MR) is 125 cm³/mol. The Morgan fingerprint density at radius 1 is 0.969 bits per heavy atom. The van der Waals surface area contributed by atoms with E-state index in [9.17, 15) is 18.0 Å². The Kier molecular flexibility index (Phi) is 8.12. The number of methoxy groups -OCH3 is 1. The van der Waals surface area contributed by atoms with Crippen molar-refractivity contribution >= 4 is 44.5 Å². The van der Waals surface area contributed by atoms with E-state index in [4.69, 9.17) is 4.74 Å². The lowest BCUT2D eigenvalue weighted by atomic mass is 10.2. The monoisotopic (exact) mass is 473 g/mol. The van der Waals surface area contributed by atoms with Crippen LogP contribution in [-0.2, 0) is 26.0 Å². The van der Waals surface area contributed by atoms with E-state index in [1.54, 1.807) is 35.6 Å². The first-order valence-electron chi connectivity index (χ1n) is 9.70. The van der Waals surface area contributed by atoms with E-state index in [2.05, 4.69) is 15.4 Å². The van der Waals surface area contributed by atoms with Crippen LogP contribution in [0.1, 0.15) is 15.2 Å². The summed E-state index contributed by atoms with van der Waals surface area (Å²) >= 11 is 1.58. The normalized spacial score (nSPS) is 11.2. The van der Waals surface area contributed by atoms with Crippen molar-refractivity contribution in [1.82, 2.24) is 4.72 Å². The second-order valence-electron chi connectivity index (χ2n) is 6.77. The zero-order chi connectivity index (χ0) is 23.0. The summed E-state index contributed by atoms with van der Waals surface area (Å²) < 4.78 is 32.2. The maximum Gasteiger partial charge on any atom is 0.255 e. The molecular formula is C22H23N3O5S2. The van der Waals surface area contributed by atoms with Crippen molar-refractivity contribution in [2.45, 2.75) is 11.3 Å². The minimum atomic E-state index is -3.66. The van der Waals surface area contributed by atoms with E-state index in [0.717, 1.165) is 4.88 Å². The van der Waals surface area contributed by atoms with E-state index in [1.165, 1.54) is 31.4 Å². The SMILES string of the molecule is COCC(=O)Nc1cccc(NC(=O)c2ccc(S(=O)(=O)NCCc3cccs3)cc2)c1. The molecule has 0 fully saturated rings. The number of amides is 2. The lowest BCUT2D eigenvalue weighted by Crippen LogP contribution is -2.26. The van der Waals surface area contributed by atoms with Crippen LogP contribution in [0.4, 0.5) is 11.4 Å². The maximum absolute atomic E-state index is 12.5. The van der Waals surface area contributed by atoms with Gasteiger partial charge in [0.1, 0.15) is 6.61 Å². The molecule has 2 amide bonds. The lowest BCUT2D eigenvalue weighted by Gasteiger charge is -2.10. The summed E-state index contributed by atoms with van der Waals surface area (Å²) in [5.41, 5.74) is 1.30. The highest BCUT2D eigenvalue weighted by molar-refractivity contribution is 7.89. The van der Waals surface area contributed by atoms with Gasteiger partial charge in [-0.1, -0.05) is 12.1 Å². The van der Waals surface area contributed by atoms with E-state index < -0.39 is 15.9 Å². The standard InChI is InChI=1S/C22H23N3O5S2/c1-30-15-21(26)24-17-4-2-5-18(14-17)25-22(27)16-7-9-20(10-8-16)32(28,29)23-12-11-19-6-3-13-31-19/h2-10,13-14,23H,11-12,15H2,1H3,(H,24,26)(H,25,27). The van der Waals surface area contributed by atoms with Gasteiger partial charge < -0.3 is 15.4 Å². The Morgan fingerprint density at radius 3 is 2.34 bits per heavy atom. The number of hydrogen-bond donors (Lipinski definition) is 3. The summed E-state index contributed by atoms with van der Waals surface area (Å²) in [6.45, 7) is 0.219. The number of thiophene rings is 1. The van der Waals surface area contributed by atoms with Gasteiger partial charge in [-0.3, -0.25) is 9.59 Å². The minimum Gasteiger partial charge on any atom is -0.375 e. The zero-order valence-electron chi connectivity index (χ0n) is 17.3. The molecule has 0 spiro atoms. The molecule has 0 saturated heterocycles. The van der Waals surface area contributed by atoms with E-state index in [0.29, 0.717) is 29.9 Å². The molecule has 32 heavy (non-hydrogen) atoms. The second-order valence-corrected chi connectivity index (χ2v) is 9.57. The fraction of sp³-hybridized carbons (Fsp3) is 0.182. The van der Waals surface area contributed by atoms with Crippen molar-refractivity contribution in [2.75, 3.05) is 30.9 Å². The van der Waals surface area contributed by atoms with Crippen molar-refractivity contribution in [2.24, 2.45) is 0 Å². The fourth-order valence-corrected chi connectivity index (χ4v) is 4.58. The first kappa shape index (κ1) is 23.6. The van der Waals surface area contributed by atoms with Gasteiger partial charge in [-0.25, -0.2) is 13.1 Å². The number of carbonyl (C=O) groups is 2. The average Bonchev–Trinajstić information content (AvgIpc) is 3.27. The molecule has 8 nitrogen and oxygen atoms in total. The number of sulfonamides is 1. The van der Waals surface area contributed by atoms with Gasteiger partial charge in [-0.2, -0.15) is 0 Å². The minimum absolute atomic E-state index is 0.0747. The van der Waals surface area contributed by atoms with Crippen molar-refractivity contribution in [1.29, 1.82) is 0 Å². The van der Waals surface area contributed by atoms with E-state index >= 15 is 0 Å². The summed E-state index contributed by atoms with van der Waals surface area (Å²) in [6.07, 6.45) is 0.613. The number of nitrogens with one attached hydrogen (secondary N) is 3. The van der Waals surface area contributed by atoms with Gasteiger partial charge in [-0.05, 0) is 60.3 Å². The number of carbonyl (C=O) groups excluding carboxylic acids is 2. The molecular weight excluding hydrogens is 450 g/mol. The Morgan fingerprint density at radius 2 is 1.69 bits per heavy atom. The summed E-state index contributed by atoms with van der Waals surface area (Å²) in [7, 11) is -2.24. The van der Waals surface area contributed by atoms with Gasteiger partial charge in [0.05, 0.1) is 4.90 Å². The largest absolute Gasteiger partial charge is 0.375 e. The highest BCUT2D eigenvalue weighted by Gasteiger charge is 2.15. The van der Waals surface area contributed by atoms with Gasteiger partial charge in [0.2, 0.25) is 15.9 Å². The van der Waals surface area contributed by atoms with Crippen LogP contribution in [0.5, 0.6) is 0 Å². The zero-order valence-corrected chi connectivity index (χ0v) is 19.0. The second kappa shape index (κ2) is 11.0. The number of hydrogen-bond acceptors (Lipinski definition) is 6. The molecule has 0 unspecified atom stereocenters. The van der Waals surface area contributed by atoms with E-state index in [-0.39, 0.29) is 17.4 Å². The summed E-state index contributed by atoms with van der Waals surface area (Å²) in [5.74, 6) is -0.711. The van der Waals surface area contributed by atoms with Crippen LogP contribution in [0.15, 0.2) is 70.9 Å². The van der Waals surface area contributed by atoms with Crippen molar-refractivity contribution in [3.8, 4) is 0 Å². The molecule has 10 heteroatoms. The molecule has 3 aromatic rings. The molecule has 0 atom stereocenters. The fourth-order valence-electron chi connectivity index (χ4n) is 2.84. The van der Waals surface area contributed by atoms with Crippen molar-refractivity contribution in [3.05, 3.63) is 76.5 Å². The summed E-state index contributed by atoms with van der Waals surface area (Å²) in [5, 5.41) is 7.33. The van der Waals surface area contributed by atoms with Gasteiger partial charge in [-0.15, -0.1) is 11.3 Å². The third-order valence-corrected chi connectivity index (χ3v) is 6.76. The van der Waals surface area contributed by atoms with Crippen LogP contribution in [0.2, 0.25) is 0 Å². The van der Waals surface area contributed by atoms with Crippen LogP contribution in [0.25, 0.3) is 0 Å². The van der Waals surface area contributed by atoms with Crippen LogP contribution in [0, 0.1) is 0 Å². The number of rotatable bonds is 10. The highest BCUT2D eigenvalue weighted by Crippen LogP contribution is 2.17. The lowest BCUT2D eigenvalue weighted by molar-refractivity contribution is -0.119. The van der Waals surface area contributed by atoms with Crippen LogP contribution >= 0.6 is 11.3 Å². The number of anilines is 2. The Bertz CT molecular complexity index is 1160. The van der Waals surface area contributed by atoms with Crippen molar-refractivity contribution < 1.29 is 22.7 Å². The number of benzene rings is 2. The molecule has 0 aliphatic heterocycles. The first-order chi connectivity index (χ1) is 15.4. The molecule has 0 bridgehead atoms. The van der Waals surface area contributed by atoms with Crippen LogP contribution < -0.4 is 15.4 Å². The summed E-state index contributed by atoms with van der Waals surface area (Å²) in [4.78, 5) is 25.3. The van der Waals surface area contributed by atoms with Crippen molar-refractivity contribution in [3.63, 3.8) is 0 Å². The maximum atomic E-state index is 12.5. The van der Waals surface area contributed by atoms with Gasteiger partial charge in [0, 0.05) is 35.5 Å². The van der Waals surface area contributed by atoms with Gasteiger partial charge >= 0.3 is 0 Å². The third-order valence-electron chi connectivity index (χ3n) is 4.35. The molecule has 0 aliphatic carbocycles. The Balaban J connectivity index is 1.59. The molecule has 0 aliphatic rings. The average molecular weight is 474 g/mol. The molecule has 0 radical (unpaired) electrons. The topological polar surface area (TPSA) is 114 Å². The van der Waals surface area contributed by atoms with Crippen LogP contribution in [0.3, 0.4) is 0 Å². The first-order valence-corrected chi connectivity index (χ1v) is 12.1. The molecule has 2 aromatic carbocycles. The smallest absolute Gasteiger partial charge is 0.255 e. The molecule has 0 saturated carbocycles. The third kappa shape index (κ3) is 6.72. The molecule has 1 heterocycles. The molecule has 168 valence electrons. The quantitative estimate of drug-likeness (QED) is 0.419. The Labute approximate surface area is 190 Å². The summed E-state index contributed by atoms with van der Waals surface area (Å²) in [6, 6.07) is 16.2. The van der Waals surface area contributed by atoms with Gasteiger partial charge in [0.15, 0.2) is 0 Å². The molecule has 3 N–H and O–H groups in total. The molecule has 1 aromatic heterocycles. The van der Waals surface area contributed by atoms with Crippen LogP contribution in [-0.4, -0.2) is 40.5 Å². The number of ether oxygens (including phenoxy) is 1. The van der Waals surface area contributed by atoms with Gasteiger partial charge in [0.25, 0.3) is 5.91 Å². The predicted octanol–water partition coefficient (Wildman–Crippen LogP) is 3.11. The molecule has 3 rings (SSSR count). The highest BCUT2D eigenvalue weighted by atomic mass is 32.2. The van der Waals surface area contributed by atoms with E-state index in [1.807, 2.05) is 17.5 Å².